The van der Waals surface area contributed by atoms with Crippen molar-refractivity contribution in [2.24, 2.45) is 11.8 Å². The molecule has 1 aromatic carbocycles. The first-order chi connectivity index (χ1) is 7.58. The van der Waals surface area contributed by atoms with E-state index < -0.39 is 11.6 Å². The Labute approximate surface area is 94.8 Å². The van der Waals surface area contributed by atoms with Gasteiger partial charge >= 0.3 is 0 Å². The molecule has 0 heterocycles. The molecule has 1 aromatic rings. The largest absolute Gasteiger partial charge is 0.271 e. The Balaban J connectivity index is 2.82. The second kappa shape index (κ2) is 5.92. The average Bonchev–Trinajstić information content (AvgIpc) is 2.29. The van der Waals surface area contributed by atoms with Crippen molar-refractivity contribution in [2.45, 2.75) is 32.7 Å². The molecular weight excluding hydrogens is 210 g/mol. The third-order valence-electron chi connectivity index (χ3n) is 2.88. The topological polar surface area (TPSA) is 38.0 Å². The Morgan fingerprint density at radius 1 is 1.31 bits per heavy atom. The normalized spacial score (nSPS) is 14.8. The van der Waals surface area contributed by atoms with Gasteiger partial charge in [0, 0.05) is 6.04 Å². The molecule has 4 heteroatoms. The monoisotopic (exact) mass is 228 g/mol. The van der Waals surface area contributed by atoms with Crippen molar-refractivity contribution in [1.82, 2.24) is 5.43 Å². The zero-order valence-corrected chi connectivity index (χ0v) is 9.63. The van der Waals surface area contributed by atoms with E-state index >= 15 is 0 Å². The molecule has 3 N–H and O–H groups in total. The number of rotatable bonds is 5. The molecule has 0 fully saturated rings. The van der Waals surface area contributed by atoms with Gasteiger partial charge in [-0.2, -0.15) is 0 Å². The van der Waals surface area contributed by atoms with E-state index in [2.05, 4.69) is 19.3 Å². The van der Waals surface area contributed by atoms with E-state index in [4.69, 9.17) is 5.84 Å². The highest BCUT2D eigenvalue weighted by Gasteiger charge is 2.14. The molecule has 0 aliphatic heterocycles. The van der Waals surface area contributed by atoms with Crippen LogP contribution in [0.5, 0.6) is 0 Å². The van der Waals surface area contributed by atoms with Crippen molar-refractivity contribution in [2.75, 3.05) is 0 Å². The smallest absolute Gasteiger partial charge is 0.159 e. The zero-order valence-electron chi connectivity index (χ0n) is 9.63. The Hall–Kier alpha value is -1.00. The van der Waals surface area contributed by atoms with Crippen LogP contribution in [0.1, 0.15) is 38.3 Å². The average molecular weight is 228 g/mol. The lowest BCUT2D eigenvalue weighted by Gasteiger charge is -2.19. The van der Waals surface area contributed by atoms with Crippen molar-refractivity contribution < 1.29 is 8.78 Å². The molecule has 0 bridgehead atoms. The van der Waals surface area contributed by atoms with E-state index in [9.17, 15) is 8.78 Å². The van der Waals surface area contributed by atoms with Crippen LogP contribution < -0.4 is 11.3 Å². The Morgan fingerprint density at radius 2 is 2.00 bits per heavy atom. The Morgan fingerprint density at radius 3 is 2.50 bits per heavy atom. The summed E-state index contributed by atoms with van der Waals surface area (Å²) in [5.41, 5.74) is 3.32. The molecule has 2 unspecified atom stereocenters. The number of hydrazine groups is 1. The highest BCUT2D eigenvalue weighted by Crippen LogP contribution is 2.23. The van der Waals surface area contributed by atoms with E-state index in [0.717, 1.165) is 18.9 Å². The zero-order chi connectivity index (χ0) is 12.1. The summed E-state index contributed by atoms with van der Waals surface area (Å²) >= 11 is 0. The van der Waals surface area contributed by atoms with Gasteiger partial charge in [-0.3, -0.25) is 11.3 Å². The SMILES string of the molecule is CCC(C)CC(NN)c1ccc(F)c(F)c1. The summed E-state index contributed by atoms with van der Waals surface area (Å²) in [5.74, 6) is 4.25. The number of nitrogens with one attached hydrogen (secondary N) is 1. The van der Waals surface area contributed by atoms with Crippen LogP contribution in [0.3, 0.4) is 0 Å². The van der Waals surface area contributed by atoms with Crippen LogP contribution in [-0.4, -0.2) is 0 Å². The van der Waals surface area contributed by atoms with Gasteiger partial charge in [0.05, 0.1) is 0 Å². The van der Waals surface area contributed by atoms with Crippen LogP contribution in [0.4, 0.5) is 8.78 Å². The highest BCUT2D eigenvalue weighted by molar-refractivity contribution is 5.21. The molecule has 0 amide bonds. The molecule has 0 saturated carbocycles. The van der Waals surface area contributed by atoms with Gasteiger partial charge in [0.15, 0.2) is 11.6 Å². The molecule has 0 aliphatic rings. The van der Waals surface area contributed by atoms with Crippen molar-refractivity contribution >= 4 is 0 Å². The molecule has 90 valence electrons. The fraction of sp³-hybridized carbons (Fsp3) is 0.500. The van der Waals surface area contributed by atoms with Crippen LogP contribution in [0.15, 0.2) is 18.2 Å². The van der Waals surface area contributed by atoms with Crippen molar-refractivity contribution in [3.8, 4) is 0 Å². The van der Waals surface area contributed by atoms with E-state index in [1.165, 1.54) is 6.07 Å². The number of benzene rings is 1. The van der Waals surface area contributed by atoms with E-state index in [0.29, 0.717) is 11.5 Å². The van der Waals surface area contributed by atoms with Crippen LogP contribution in [0, 0.1) is 17.6 Å². The lowest BCUT2D eigenvalue weighted by atomic mass is 9.94. The predicted octanol–water partition coefficient (Wildman–Crippen LogP) is 2.91. The van der Waals surface area contributed by atoms with Crippen LogP contribution in [0.2, 0.25) is 0 Å². The second-order valence-corrected chi connectivity index (χ2v) is 4.14. The maximum absolute atomic E-state index is 13.1. The second-order valence-electron chi connectivity index (χ2n) is 4.14. The summed E-state index contributed by atoms with van der Waals surface area (Å²) in [6.45, 7) is 4.19. The summed E-state index contributed by atoms with van der Waals surface area (Å²) in [5, 5.41) is 0. The molecule has 0 radical (unpaired) electrons. The minimum absolute atomic E-state index is 0.134. The molecule has 0 saturated heterocycles. The lowest BCUT2D eigenvalue weighted by molar-refractivity contribution is 0.405. The standard InChI is InChI=1S/C12H18F2N2/c1-3-8(2)6-12(16-15)9-4-5-10(13)11(14)7-9/h4-5,7-8,12,16H,3,6,15H2,1-2H3. The number of halogens is 2. The van der Waals surface area contributed by atoms with E-state index in [1.807, 2.05) is 0 Å². The molecular formula is C12H18F2N2. The van der Waals surface area contributed by atoms with Gasteiger partial charge in [-0.15, -0.1) is 0 Å². The van der Waals surface area contributed by atoms with Gasteiger partial charge < -0.3 is 0 Å². The predicted molar refractivity (Wildman–Crippen MR) is 60.5 cm³/mol. The molecule has 2 nitrogen and oxygen atoms in total. The summed E-state index contributed by atoms with van der Waals surface area (Å²) in [6.07, 6.45) is 1.83. The first-order valence-electron chi connectivity index (χ1n) is 5.49. The minimum atomic E-state index is -0.832. The quantitative estimate of drug-likeness (QED) is 0.600. The van der Waals surface area contributed by atoms with Crippen LogP contribution in [0.25, 0.3) is 0 Å². The molecule has 2 atom stereocenters. The van der Waals surface area contributed by atoms with Gasteiger partial charge in [0.2, 0.25) is 0 Å². The van der Waals surface area contributed by atoms with Gasteiger partial charge in [0.25, 0.3) is 0 Å². The maximum Gasteiger partial charge on any atom is 0.159 e. The summed E-state index contributed by atoms with van der Waals surface area (Å²) in [6, 6.07) is 3.75. The van der Waals surface area contributed by atoms with Crippen LogP contribution >= 0.6 is 0 Å². The summed E-state index contributed by atoms with van der Waals surface area (Å²) < 4.78 is 25.8. The summed E-state index contributed by atoms with van der Waals surface area (Å²) in [4.78, 5) is 0. The van der Waals surface area contributed by atoms with Gasteiger partial charge in [-0.1, -0.05) is 26.3 Å². The number of hydrogen-bond donors (Lipinski definition) is 2. The third kappa shape index (κ3) is 3.25. The third-order valence-corrected chi connectivity index (χ3v) is 2.88. The fourth-order valence-corrected chi connectivity index (χ4v) is 1.60. The van der Waals surface area contributed by atoms with Crippen molar-refractivity contribution in [3.63, 3.8) is 0 Å². The van der Waals surface area contributed by atoms with Crippen molar-refractivity contribution in [3.05, 3.63) is 35.4 Å². The van der Waals surface area contributed by atoms with E-state index in [-0.39, 0.29) is 6.04 Å². The van der Waals surface area contributed by atoms with Gasteiger partial charge in [0.1, 0.15) is 0 Å². The first kappa shape index (κ1) is 13.1. The molecule has 16 heavy (non-hydrogen) atoms. The highest BCUT2D eigenvalue weighted by atomic mass is 19.2. The lowest BCUT2D eigenvalue weighted by Crippen LogP contribution is -2.29. The summed E-state index contributed by atoms with van der Waals surface area (Å²) in [7, 11) is 0. The first-order valence-corrected chi connectivity index (χ1v) is 5.49. The number of nitrogens with two attached hydrogens (primary N) is 1. The van der Waals surface area contributed by atoms with Crippen molar-refractivity contribution in [1.29, 1.82) is 0 Å². The maximum atomic E-state index is 13.1. The number of hydrogen-bond acceptors (Lipinski definition) is 2. The van der Waals surface area contributed by atoms with E-state index in [1.54, 1.807) is 6.07 Å². The Kier molecular flexibility index (Phi) is 4.83. The Bertz CT molecular complexity index is 342. The molecule has 1 rings (SSSR count). The van der Waals surface area contributed by atoms with Gasteiger partial charge in [-0.25, -0.2) is 8.78 Å². The fourth-order valence-electron chi connectivity index (χ4n) is 1.60. The molecule has 0 aliphatic carbocycles. The molecule has 0 aromatic heterocycles. The van der Waals surface area contributed by atoms with Crippen LogP contribution in [-0.2, 0) is 0 Å². The van der Waals surface area contributed by atoms with Gasteiger partial charge in [-0.05, 0) is 30.0 Å². The molecule has 0 spiro atoms. The minimum Gasteiger partial charge on any atom is -0.271 e.